The highest BCUT2D eigenvalue weighted by atomic mass is 32.3. The van der Waals surface area contributed by atoms with Gasteiger partial charge in [0.05, 0.1) is 6.61 Å². The van der Waals surface area contributed by atoms with E-state index in [0.717, 1.165) is 0 Å². The van der Waals surface area contributed by atoms with Crippen LogP contribution >= 0.6 is 0 Å². The van der Waals surface area contributed by atoms with E-state index in [1.807, 2.05) is 0 Å². The lowest BCUT2D eigenvalue weighted by Crippen LogP contribution is -2.03. The Labute approximate surface area is 75.5 Å². The first-order valence-corrected chi connectivity index (χ1v) is 4.60. The van der Waals surface area contributed by atoms with Crippen LogP contribution in [0.15, 0.2) is 30.3 Å². The van der Waals surface area contributed by atoms with E-state index in [2.05, 4.69) is 4.18 Å². The number of halogens is 1. The highest BCUT2D eigenvalue weighted by Crippen LogP contribution is 2.01. The Bertz CT molecular complexity index is 335. The van der Waals surface area contributed by atoms with Gasteiger partial charge in [-0.1, -0.05) is 30.3 Å². The zero-order valence-electron chi connectivity index (χ0n) is 6.58. The minimum absolute atomic E-state index is 0. The SMILES string of the molecule is F.O=S(=O)(O)OCc1ccccc1. The summed E-state index contributed by atoms with van der Waals surface area (Å²) >= 11 is 0. The van der Waals surface area contributed by atoms with Crippen molar-refractivity contribution in [3.05, 3.63) is 35.9 Å². The summed E-state index contributed by atoms with van der Waals surface area (Å²) in [5.74, 6) is 0. The molecule has 6 heteroatoms. The fraction of sp³-hybridized carbons (Fsp3) is 0.143. The van der Waals surface area contributed by atoms with Crippen molar-refractivity contribution >= 4 is 10.4 Å². The average Bonchev–Trinajstić information content (AvgIpc) is 2.02. The van der Waals surface area contributed by atoms with Crippen molar-refractivity contribution < 1.29 is 21.9 Å². The summed E-state index contributed by atoms with van der Waals surface area (Å²) in [5.41, 5.74) is 0.690. The van der Waals surface area contributed by atoms with E-state index >= 15 is 0 Å². The Morgan fingerprint density at radius 3 is 2.23 bits per heavy atom. The molecule has 4 nitrogen and oxygen atoms in total. The lowest BCUT2D eigenvalue weighted by molar-refractivity contribution is 0.259. The maximum absolute atomic E-state index is 10.1. The summed E-state index contributed by atoms with van der Waals surface area (Å²) in [6.45, 7) is -0.139. The van der Waals surface area contributed by atoms with E-state index in [4.69, 9.17) is 4.55 Å². The fourth-order valence-corrected chi connectivity index (χ4v) is 1.00. The van der Waals surface area contributed by atoms with Crippen LogP contribution in [0.1, 0.15) is 5.56 Å². The minimum Gasteiger partial charge on any atom is -0.269 e. The molecule has 0 saturated carbocycles. The second-order valence-corrected chi connectivity index (χ2v) is 3.27. The molecule has 0 heterocycles. The third kappa shape index (κ3) is 5.29. The molecule has 1 aromatic carbocycles. The molecule has 1 rings (SSSR count). The molecule has 1 aromatic rings. The first-order chi connectivity index (χ1) is 5.58. The predicted octanol–water partition coefficient (Wildman–Crippen LogP) is 1.16. The van der Waals surface area contributed by atoms with Crippen molar-refractivity contribution in [2.24, 2.45) is 0 Å². The van der Waals surface area contributed by atoms with Crippen LogP contribution in [0.25, 0.3) is 0 Å². The first kappa shape index (κ1) is 12.0. The molecule has 0 aliphatic carbocycles. The predicted molar refractivity (Wildman–Crippen MR) is 45.3 cm³/mol. The molecule has 0 aromatic heterocycles. The third-order valence-corrected chi connectivity index (χ3v) is 1.63. The van der Waals surface area contributed by atoms with Crippen molar-refractivity contribution in [3.63, 3.8) is 0 Å². The summed E-state index contributed by atoms with van der Waals surface area (Å²) in [6.07, 6.45) is 0. The normalized spacial score (nSPS) is 10.5. The monoisotopic (exact) mass is 208 g/mol. The lowest BCUT2D eigenvalue weighted by atomic mass is 10.2. The maximum Gasteiger partial charge on any atom is 0.397 e. The third-order valence-electron chi connectivity index (χ3n) is 1.22. The summed E-state index contributed by atoms with van der Waals surface area (Å²) < 4.78 is 32.6. The zero-order valence-corrected chi connectivity index (χ0v) is 7.40. The van der Waals surface area contributed by atoms with Gasteiger partial charge in [0.15, 0.2) is 0 Å². The standard InChI is InChI=1S/C7H8O4S.FH/c8-12(9,10)11-6-7-4-2-1-3-5-7;/h1-5H,6H2,(H,8,9,10);1H. The van der Waals surface area contributed by atoms with Gasteiger partial charge in [0.25, 0.3) is 0 Å². The Hall–Kier alpha value is -0.980. The summed E-state index contributed by atoms with van der Waals surface area (Å²) in [5, 5.41) is 0. The smallest absolute Gasteiger partial charge is 0.269 e. The van der Waals surface area contributed by atoms with Gasteiger partial charge in [-0.25, -0.2) is 4.18 Å². The van der Waals surface area contributed by atoms with E-state index in [0.29, 0.717) is 5.56 Å². The van der Waals surface area contributed by atoms with Crippen molar-refractivity contribution in [2.75, 3.05) is 0 Å². The van der Waals surface area contributed by atoms with E-state index < -0.39 is 10.4 Å². The second-order valence-electron chi connectivity index (χ2n) is 2.18. The van der Waals surface area contributed by atoms with E-state index in [1.165, 1.54) is 0 Å². The lowest BCUT2D eigenvalue weighted by Gasteiger charge is -1.98. The minimum atomic E-state index is -4.32. The molecule has 0 bridgehead atoms. The van der Waals surface area contributed by atoms with Crippen LogP contribution in [0.4, 0.5) is 4.70 Å². The molecule has 0 unspecified atom stereocenters. The molecule has 1 N–H and O–H groups in total. The van der Waals surface area contributed by atoms with Crippen molar-refractivity contribution in [1.29, 1.82) is 0 Å². The van der Waals surface area contributed by atoms with Gasteiger partial charge < -0.3 is 0 Å². The summed E-state index contributed by atoms with van der Waals surface area (Å²) in [7, 11) is -4.32. The molecule has 13 heavy (non-hydrogen) atoms. The van der Waals surface area contributed by atoms with Gasteiger partial charge >= 0.3 is 10.4 Å². The topological polar surface area (TPSA) is 63.6 Å². The Morgan fingerprint density at radius 2 is 1.77 bits per heavy atom. The molecule has 0 aliphatic rings. The van der Waals surface area contributed by atoms with Gasteiger partial charge in [0.1, 0.15) is 0 Å². The molecule has 0 amide bonds. The molecule has 0 atom stereocenters. The van der Waals surface area contributed by atoms with Crippen LogP contribution in [0.3, 0.4) is 0 Å². The van der Waals surface area contributed by atoms with E-state index in [9.17, 15) is 8.42 Å². The fourth-order valence-electron chi connectivity index (χ4n) is 0.717. The van der Waals surface area contributed by atoms with Crippen LogP contribution in [-0.4, -0.2) is 13.0 Å². The highest BCUT2D eigenvalue weighted by molar-refractivity contribution is 7.80. The summed E-state index contributed by atoms with van der Waals surface area (Å²) in [4.78, 5) is 0. The van der Waals surface area contributed by atoms with Crippen LogP contribution in [0.2, 0.25) is 0 Å². The van der Waals surface area contributed by atoms with Crippen LogP contribution in [0, 0.1) is 0 Å². The number of rotatable bonds is 3. The number of benzene rings is 1. The van der Waals surface area contributed by atoms with Gasteiger partial charge in [-0.3, -0.25) is 9.26 Å². The second kappa shape index (κ2) is 4.90. The first-order valence-electron chi connectivity index (χ1n) is 3.24. The Balaban J connectivity index is 0.00000144. The van der Waals surface area contributed by atoms with Crippen LogP contribution < -0.4 is 0 Å². The zero-order chi connectivity index (χ0) is 9.03. The maximum atomic E-state index is 10.1. The van der Waals surface area contributed by atoms with Crippen molar-refractivity contribution in [1.82, 2.24) is 0 Å². The average molecular weight is 208 g/mol. The Morgan fingerprint density at radius 1 is 1.23 bits per heavy atom. The molecular weight excluding hydrogens is 199 g/mol. The number of hydrogen-bond acceptors (Lipinski definition) is 3. The van der Waals surface area contributed by atoms with Gasteiger partial charge in [0.2, 0.25) is 0 Å². The molecule has 0 spiro atoms. The van der Waals surface area contributed by atoms with E-state index in [1.54, 1.807) is 30.3 Å². The van der Waals surface area contributed by atoms with E-state index in [-0.39, 0.29) is 11.3 Å². The quantitative estimate of drug-likeness (QED) is 0.757. The van der Waals surface area contributed by atoms with Gasteiger partial charge in [-0.05, 0) is 5.56 Å². The van der Waals surface area contributed by atoms with Crippen molar-refractivity contribution in [3.8, 4) is 0 Å². The molecule has 0 fully saturated rings. The number of hydrogen-bond donors (Lipinski definition) is 1. The Kier molecular flexibility index (Phi) is 4.53. The molecule has 0 aliphatic heterocycles. The van der Waals surface area contributed by atoms with Crippen molar-refractivity contribution in [2.45, 2.75) is 6.61 Å². The van der Waals surface area contributed by atoms with Gasteiger partial charge in [-0.15, -0.1) is 0 Å². The van der Waals surface area contributed by atoms with Gasteiger partial charge in [0, 0.05) is 0 Å². The van der Waals surface area contributed by atoms with Crippen LogP contribution in [0.5, 0.6) is 0 Å². The van der Waals surface area contributed by atoms with Gasteiger partial charge in [-0.2, -0.15) is 8.42 Å². The molecule has 74 valence electrons. The molecule has 0 saturated heterocycles. The molecular formula is C7H9FO4S. The summed E-state index contributed by atoms with van der Waals surface area (Å²) in [6, 6.07) is 8.71. The highest BCUT2D eigenvalue weighted by Gasteiger charge is 2.03. The van der Waals surface area contributed by atoms with Crippen LogP contribution in [-0.2, 0) is 21.2 Å². The largest absolute Gasteiger partial charge is 0.397 e. The molecule has 0 radical (unpaired) electrons.